The van der Waals surface area contributed by atoms with E-state index in [-0.39, 0.29) is 5.91 Å². The number of hydrogen-bond donors (Lipinski definition) is 2. The lowest BCUT2D eigenvalue weighted by Gasteiger charge is -2.02. The smallest absolute Gasteiger partial charge is 0.274 e. The molecule has 94 valence electrons. The fraction of sp³-hybridized carbons (Fsp3) is 0.250. The van der Waals surface area contributed by atoms with E-state index in [0.29, 0.717) is 17.9 Å². The zero-order valence-electron chi connectivity index (χ0n) is 10.1. The summed E-state index contributed by atoms with van der Waals surface area (Å²) < 4.78 is 1.74. The summed E-state index contributed by atoms with van der Waals surface area (Å²) in [6.07, 6.45) is 4.98. The van der Waals surface area contributed by atoms with Gasteiger partial charge < -0.3 is 11.1 Å². The molecule has 0 aliphatic carbocycles. The molecule has 2 aromatic rings. The minimum absolute atomic E-state index is 0.255. The van der Waals surface area contributed by atoms with E-state index < -0.39 is 0 Å². The molecule has 0 unspecified atom stereocenters. The first-order valence-electron chi connectivity index (χ1n) is 5.71. The standard InChI is InChI=1S/C12H15N5O/c1-2-17-8-10(7-15-17)16-12(18)11-4-3-9(5-13)6-14-11/h3-4,6-8H,2,5,13H2,1H3,(H,16,18). The molecule has 2 rings (SSSR count). The van der Waals surface area contributed by atoms with Crippen LogP contribution in [-0.2, 0) is 13.1 Å². The summed E-state index contributed by atoms with van der Waals surface area (Å²) in [6, 6.07) is 3.44. The Morgan fingerprint density at radius 1 is 1.44 bits per heavy atom. The first-order valence-corrected chi connectivity index (χ1v) is 5.71. The van der Waals surface area contributed by atoms with Gasteiger partial charge in [-0.25, -0.2) is 0 Å². The zero-order valence-corrected chi connectivity index (χ0v) is 10.1. The van der Waals surface area contributed by atoms with Crippen LogP contribution in [0.4, 0.5) is 5.69 Å². The molecule has 0 fully saturated rings. The van der Waals surface area contributed by atoms with Gasteiger partial charge in [0, 0.05) is 25.5 Å². The summed E-state index contributed by atoms with van der Waals surface area (Å²) in [5.74, 6) is -0.255. The third-order valence-corrected chi connectivity index (χ3v) is 2.51. The van der Waals surface area contributed by atoms with Gasteiger partial charge in [0.05, 0.1) is 11.9 Å². The Morgan fingerprint density at radius 3 is 2.83 bits per heavy atom. The zero-order chi connectivity index (χ0) is 13.0. The molecule has 0 aromatic carbocycles. The van der Waals surface area contributed by atoms with Gasteiger partial charge in [-0.3, -0.25) is 14.5 Å². The Kier molecular flexibility index (Phi) is 3.69. The fourth-order valence-corrected chi connectivity index (χ4v) is 1.48. The normalized spacial score (nSPS) is 10.3. The van der Waals surface area contributed by atoms with Gasteiger partial charge in [-0.2, -0.15) is 5.10 Å². The lowest BCUT2D eigenvalue weighted by atomic mass is 10.2. The van der Waals surface area contributed by atoms with Crippen molar-refractivity contribution in [3.63, 3.8) is 0 Å². The van der Waals surface area contributed by atoms with Crippen LogP contribution < -0.4 is 11.1 Å². The van der Waals surface area contributed by atoms with Gasteiger partial charge in [0.25, 0.3) is 5.91 Å². The number of carbonyl (C=O) groups is 1. The lowest BCUT2D eigenvalue weighted by molar-refractivity contribution is 0.102. The first kappa shape index (κ1) is 12.3. The van der Waals surface area contributed by atoms with Crippen LogP contribution in [0, 0.1) is 0 Å². The number of amides is 1. The number of aromatic nitrogens is 3. The molecule has 0 bridgehead atoms. The van der Waals surface area contributed by atoms with Gasteiger partial charge in [0.2, 0.25) is 0 Å². The number of nitrogens with zero attached hydrogens (tertiary/aromatic N) is 3. The van der Waals surface area contributed by atoms with Crippen molar-refractivity contribution in [2.24, 2.45) is 5.73 Å². The number of anilines is 1. The number of pyridine rings is 1. The Balaban J connectivity index is 2.06. The van der Waals surface area contributed by atoms with Crippen LogP contribution in [-0.4, -0.2) is 20.7 Å². The van der Waals surface area contributed by atoms with Crippen LogP contribution in [0.1, 0.15) is 23.0 Å². The molecule has 0 aliphatic heterocycles. The van der Waals surface area contributed by atoms with Crippen molar-refractivity contribution in [3.8, 4) is 0 Å². The largest absolute Gasteiger partial charge is 0.326 e. The number of nitrogens with one attached hydrogen (secondary N) is 1. The van der Waals surface area contributed by atoms with Gasteiger partial charge in [-0.05, 0) is 18.6 Å². The molecule has 1 amide bonds. The number of aryl methyl sites for hydroxylation is 1. The number of carbonyl (C=O) groups excluding carboxylic acids is 1. The molecular formula is C12H15N5O. The Bertz CT molecular complexity index is 532. The number of rotatable bonds is 4. The number of nitrogens with two attached hydrogens (primary N) is 1. The third kappa shape index (κ3) is 2.72. The van der Waals surface area contributed by atoms with Crippen molar-refractivity contribution in [2.75, 3.05) is 5.32 Å². The highest BCUT2D eigenvalue weighted by atomic mass is 16.1. The average Bonchev–Trinajstić information content (AvgIpc) is 2.86. The van der Waals surface area contributed by atoms with E-state index in [1.807, 2.05) is 6.92 Å². The Morgan fingerprint density at radius 2 is 2.28 bits per heavy atom. The van der Waals surface area contributed by atoms with Crippen molar-refractivity contribution < 1.29 is 4.79 Å². The maximum Gasteiger partial charge on any atom is 0.274 e. The van der Waals surface area contributed by atoms with Gasteiger partial charge in [-0.15, -0.1) is 0 Å². The van der Waals surface area contributed by atoms with Crippen LogP contribution in [0.2, 0.25) is 0 Å². The van der Waals surface area contributed by atoms with Crippen molar-refractivity contribution in [2.45, 2.75) is 20.0 Å². The molecular weight excluding hydrogens is 230 g/mol. The molecule has 2 aromatic heterocycles. The molecule has 2 heterocycles. The van der Waals surface area contributed by atoms with E-state index in [0.717, 1.165) is 12.1 Å². The van der Waals surface area contributed by atoms with Crippen LogP contribution >= 0.6 is 0 Å². The van der Waals surface area contributed by atoms with Gasteiger partial charge >= 0.3 is 0 Å². The predicted molar refractivity (Wildman–Crippen MR) is 68.0 cm³/mol. The molecule has 0 radical (unpaired) electrons. The SMILES string of the molecule is CCn1cc(NC(=O)c2ccc(CN)cn2)cn1. The van der Waals surface area contributed by atoms with Crippen LogP contribution in [0.3, 0.4) is 0 Å². The van der Waals surface area contributed by atoms with Gasteiger partial charge in [0.15, 0.2) is 0 Å². The maximum absolute atomic E-state index is 11.9. The van der Waals surface area contributed by atoms with Crippen LogP contribution in [0.25, 0.3) is 0 Å². The molecule has 6 heteroatoms. The van der Waals surface area contributed by atoms with Crippen molar-refractivity contribution in [1.82, 2.24) is 14.8 Å². The second kappa shape index (κ2) is 5.42. The summed E-state index contributed by atoms with van der Waals surface area (Å²) in [5.41, 5.74) is 7.38. The number of hydrogen-bond acceptors (Lipinski definition) is 4. The molecule has 0 spiro atoms. The second-order valence-corrected chi connectivity index (χ2v) is 3.79. The monoisotopic (exact) mass is 245 g/mol. The van der Waals surface area contributed by atoms with Gasteiger partial charge in [0.1, 0.15) is 5.69 Å². The van der Waals surface area contributed by atoms with Crippen molar-refractivity contribution in [1.29, 1.82) is 0 Å². The summed E-state index contributed by atoms with van der Waals surface area (Å²) >= 11 is 0. The van der Waals surface area contributed by atoms with Crippen LogP contribution in [0.15, 0.2) is 30.7 Å². The summed E-state index contributed by atoms with van der Waals surface area (Å²) in [7, 11) is 0. The molecule has 0 saturated heterocycles. The molecule has 0 aliphatic rings. The maximum atomic E-state index is 11.9. The van der Waals surface area contributed by atoms with Crippen LogP contribution in [0.5, 0.6) is 0 Å². The molecule has 0 saturated carbocycles. The van der Waals surface area contributed by atoms with E-state index in [1.165, 1.54) is 0 Å². The van der Waals surface area contributed by atoms with Crippen molar-refractivity contribution in [3.05, 3.63) is 42.0 Å². The Hall–Kier alpha value is -2.21. The van der Waals surface area contributed by atoms with E-state index in [2.05, 4.69) is 15.4 Å². The summed E-state index contributed by atoms with van der Waals surface area (Å²) in [6.45, 7) is 3.16. The van der Waals surface area contributed by atoms with Crippen molar-refractivity contribution >= 4 is 11.6 Å². The van der Waals surface area contributed by atoms with Gasteiger partial charge in [-0.1, -0.05) is 6.07 Å². The highest BCUT2D eigenvalue weighted by molar-refractivity contribution is 6.02. The van der Waals surface area contributed by atoms with E-state index in [9.17, 15) is 4.79 Å². The highest BCUT2D eigenvalue weighted by Crippen LogP contribution is 2.07. The van der Waals surface area contributed by atoms with E-state index in [4.69, 9.17) is 5.73 Å². The van der Waals surface area contributed by atoms with E-state index >= 15 is 0 Å². The molecule has 18 heavy (non-hydrogen) atoms. The molecule has 3 N–H and O–H groups in total. The second-order valence-electron chi connectivity index (χ2n) is 3.79. The van der Waals surface area contributed by atoms with E-state index in [1.54, 1.807) is 35.4 Å². The fourth-order valence-electron chi connectivity index (χ4n) is 1.48. The summed E-state index contributed by atoms with van der Waals surface area (Å²) in [4.78, 5) is 15.9. The third-order valence-electron chi connectivity index (χ3n) is 2.51. The quantitative estimate of drug-likeness (QED) is 0.841. The minimum atomic E-state index is -0.255. The minimum Gasteiger partial charge on any atom is -0.326 e. The molecule has 6 nitrogen and oxygen atoms in total. The average molecular weight is 245 g/mol. The predicted octanol–water partition coefficient (Wildman–Crippen LogP) is 1.01. The topological polar surface area (TPSA) is 85.8 Å². The highest BCUT2D eigenvalue weighted by Gasteiger charge is 2.08. The molecule has 0 atom stereocenters. The lowest BCUT2D eigenvalue weighted by Crippen LogP contribution is -2.13. The summed E-state index contributed by atoms with van der Waals surface area (Å²) in [5, 5.41) is 6.81. The Labute approximate surface area is 105 Å². The first-order chi connectivity index (χ1) is 8.72.